The molecule has 8 heteroatoms. The molecule has 0 spiro atoms. The Morgan fingerprint density at radius 2 is 2.00 bits per heavy atom. The molecule has 0 atom stereocenters. The van der Waals surface area contributed by atoms with E-state index in [-0.39, 0.29) is 23.6 Å². The Kier molecular flexibility index (Phi) is 5.81. The van der Waals surface area contributed by atoms with Crippen LogP contribution in [0.3, 0.4) is 0 Å². The number of nitrogens with zero attached hydrogens (tertiary/aromatic N) is 2. The molecule has 0 saturated heterocycles. The second-order valence-electron chi connectivity index (χ2n) is 5.73. The number of nitro benzene ring substituents is 1. The average Bonchev–Trinajstić information content (AvgIpc) is 2.72. The van der Waals surface area contributed by atoms with E-state index in [1.165, 1.54) is 25.3 Å². The number of benzene rings is 2. The summed E-state index contributed by atoms with van der Waals surface area (Å²) in [5.41, 5.74) is 1.13. The number of nitro groups is 1. The van der Waals surface area contributed by atoms with Crippen LogP contribution < -0.4 is 14.8 Å². The summed E-state index contributed by atoms with van der Waals surface area (Å²) < 4.78 is 10.8. The van der Waals surface area contributed by atoms with Crippen molar-refractivity contribution in [3.05, 3.63) is 88.2 Å². The summed E-state index contributed by atoms with van der Waals surface area (Å²) in [4.78, 5) is 27.2. The number of aromatic nitrogens is 1. The highest BCUT2D eigenvalue weighted by Crippen LogP contribution is 2.26. The molecule has 0 bridgehead atoms. The summed E-state index contributed by atoms with van der Waals surface area (Å²) in [6.07, 6.45) is 1.68. The quantitative estimate of drug-likeness (QED) is 0.494. The van der Waals surface area contributed by atoms with Crippen LogP contribution >= 0.6 is 0 Å². The first-order valence-corrected chi connectivity index (χ1v) is 8.33. The number of hydrogen-bond donors (Lipinski definition) is 1. The van der Waals surface area contributed by atoms with Crippen LogP contribution in [0.1, 0.15) is 16.1 Å². The number of carbonyl (C=O) groups is 1. The van der Waals surface area contributed by atoms with E-state index < -0.39 is 10.8 Å². The van der Waals surface area contributed by atoms with Gasteiger partial charge in [-0.25, -0.2) is 0 Å². The van der Waals surface area contributed by atoms with Gasteiger partial charge in [-0.3, -0.25) is 19.9 Å². The number of pyridine rings is 1. The Labute approximate surface area is 160 Å². The zero-order valence-corrected chi connectivity index (χ0v) is 15.0. The largest absolute Gasteiger partial charge is 0.496 e. The van der Waals surface area contributed by atoms with E-state index in [1.54, 1.807) is 30.5 Å². The first kappa shape index (κ1) is 18.8. The molecule has 1 N–H and O–H groups in total. The summed E-state index contributed by atoms with van der Waals surface area (Å²) in [5.74, 6) is 0.266. The van der Waals surface area contributed by atoms with E-state index in [9.17, 15) is 14.9 Å². The Bertz CT molecular complexity index is 992. The zero-order valence-electron chi connectivity index (χ0n) is 15.0. The molecule has 0 aliphatic heterocycles. The molecule has 1 aromatic heterocycles. The van der Waals surface area contributed by atoms with Crippen molar-refractivity contribution in [2.45, 2.75) is 6.61 Å². The molecular formula is C20H17N3O5. The number of amides is 1. The Morgan fingerprint density at radius 3 is 2.71 bits per heavy atom. The number of non-ortho nitro benzene ring substituents is 1. The minimum Gasteiger partial charge on any atom is -0.496 e. The fraction of sp³-hybridized carbons (Fsp3) is 0.100. The summed E-state index contributed by atoms with van der Waals surface area (Å²) in [5, 5.41) is 13.7. The van der Waals surface area contributed by atoms with Crippen molar-refractivity contribution in [2.75, 3.05) is 12.4 Å². The average molecular weight is 379 g/mol. The van der Waals surface area contributed by atoms with Gasteiger partial charge < -0.3 is 14.8 Å². The van der Waals surface area contributed by atoms with Crippen molar-refractivity contribution in [3.63, 3.8) is 0 Å². The maximum absolute atomic E-state index is 12.6. The number of methoxy groups -OCH3 is 1. The van der Waals surface area contributed by atoms with Gasteiger partial charge >= 0.3 is 0 Å². The first-order chi connectivity index (χ1) is 13.6. The van der Waals surface area contributed by atoms with E-state index in [0.29, 0.717) is 11.4 Å². The summed E-state index contributed by atoms with van der Waals surface area (Å²) in [6, 6.07) is 16.2. The van der Waals surface area contributed by atoms with Crippen LogP contribution in [0.25, 0.3) is 0 Å². The maximum Gasteiger partial charge on any atom is 0.270 e. The van der Waals surface area contributed by atoms with Crippen LogP contribution in [-0.4, -0.2) is 22.9 Å². The predicted molar refractivity (Wildman–Crippen MR) is 103 cm³/mol. The molecule has 1 amide bonds. The SMILES string of the molecule is COc1ccc([N+](=O)[O-])cc1C(=O)Nc1cccc(OCc2ccccn2)c1. The Morgan fingerprint density at radius 1 is 1.14 bits per heavy atom. The fourth-order valence-corrected chi connectivity index (χ4v) is 2.49. The van der Waals surface area contributed by atoms with Crippen molar-refractivity contribution in [3.8, 4) is 11.5 Å². The van der Waals surface area contributed by atoms with Gasteiger partial charge in [-0.2, -0.15) is 0 Å². The second-order valence-corrected chi connectivity index (χ2v) is 5.73. The van der Waals surface area contributed by atoms with Gasteiger partial charge in [0.25, 0.3) is 11.6 Å². The third-order valence-corrected chi connectivity index (χ3v) is 3.84. The number of carbonyl (C=O) groups excluding carboxylic acids is 1. The highest BCUT2D eigenvalue weighted by Gasteiger charge is 2.17. The number of hydrogen-bond acceptors (Lipinski definition) is 6. The molecule has 0 aliphatic carbocycles. The summed E-state index contributed by atoms with van der Waals surface area (Å²) in [7, 11) is 1.39. The van der Waals surface area contributed by atoms with Crippen LogP contribution in [0.5, 0.6) is 11.5 Å². The standard InChI is InChI=1S/C20H17N3O5/c1-27-19-9-8-16(23(25)26)12-18(19)20(24)22-14-6-4-7-17(11-14)28-13-15-5-2-3-10-21-15/h2-12H,13H2,1H3,(H,22,24). The minimum atomic E-state index is -0.567. The molecule has 2 aromatic carbocycles. The van der Waals surface area contributed by atoms with E-state index in [2.05, 4.69) is 10.3 Å². The molecule has 0 saturated carbocycles. The van der Waals surface area contributed by atoms with Crippen LogP contribution in [-0.2, 0) is 6.61 Å². The molecule has 3 aromatic rings. The second kappa shape index (κ2) is 8.63. The molecule has 0 aliphatic rings. The predicted octanol–water partition coefficient (Wildman–Crippen LogP) is 3.83. The molecule has 1 heterocycles. The van der Waals surface area contributed by atoms with Gasteiger partial charge in [-0.15, -0.1) is 0 Å². The van der Waals surface area contributed by atoms with E-state index in [0.717, 1.165) is 5.69 Å². The van der Waals surface area contributed by atoms with Crippen LogP contribution in [0, 0.1) is 10.1 Å². The summed E-state index contributed by atoms with van der Waals surface area (Å²) >= 11 is 0. The highest BCUT2D eigenvalue weighted by molar-refractivity contribution is 6.06. The van der Waals surface area contributed by atoms with Gasteiger partial charge in [-0.05, 0) is 30.3 Å². The molecule has 0 radical (unpaired) electrons. The van der Waals surface area contributed by atoms with Crippen LogP contribution in [0.2, 0.25) is 0 Å². The topological polar surface area (TPSA) is 104 Å². The lowest BCUT2D eigenvalue weighted by Crippen LogP contribution is -2.13. The smallest absolute Gasteiger partial charge is 0.270 e. The minimum absolute atomic E-state index is 0.0662. The maximum atomic E-state index is 12.6. The van der Waals surface area contributed by atoms with Gasteiger partial charge in [0.05, 0.1) is 23.3 Å². The van der Waals surface area contributed by atoms with Gasteiger partial charge in [-0.1, -0.05) is 12.1 Å². The van der Waals surface area contributed by atoms with E-state index in [1.807, 2.05) is 18.2 Å². The molecule has 8 nitrogen and oxygen atoms in total. The van der Waals surface area contributed by atoms with Crippen molar-refractivity contribution in [1.29, 1.82) is 0 Å². The molecular weight excluding hydrogens is 362 g/mol. The van der Waals surface area contributed by atoms with Crippen molar-refractivity contribution in [1.82, 2.24) is 4.98 Å². The van der Waals surface area contributed by atoms with Gasteiger partial charge in [0.1, 0.15) is 18.1 Å². The normalized spacial score (nSPS) is 10.2. The lowest BCUT2D eigenvalue weighted by Gasteiger charge is -2.11. The monoisotopic (exact) mass is 379 g/mol. The Hall–Kier alpha value is -3.94. The van der Waals surface area contributed by atoms with Gasteiger partial charge in [0.15, 0.2) is 0 Å². The van der Waals surface area contributed by atoms with Crippen LogP contribution in [0.15, 0.2) is 66.9 Å². The van der Waals surface area contributed by atoms with Crippen molar-refractivity contribution in [2.24, 2.45) is 0 Å². The first-order valence-electron chi connectivity index (χ1n) is 8.33. The van der Waals surface area contributed by atoms with Crippen molar-refractivity contribution < 1.29 is 19.2 Å². The molecule has 3 rings (SSSR count). The number of rotatable bonds is 7. The number of nitrogens with one attached hydrogen (secondary N) is 1. The van der Waals surface area contributed by atoms with Crippen molar-refractivity contribution >= 4 is 17.3 Å². The van der Waals surface area contributed by atoms with Gasteiger partial charge in [0.2, 0.25) is 0 Å². The molecule has 142 valence electrons. The zero-order chi connectivity index (χ0) is 19.9. The summed E-state index contributed by atoms with van der Waals surface area (Å²) in [6.45, 7) is 0.289. The van der Waals surface area contributed by atoms with Gasteiger partial charge in [0, 0.05) is 30.1 Å². The third-order valence-electron chi connectivity index (χ3n) is 3.84. The van der Waals surface area contributed by atoms with E-state index in [4.69, 9.17) is 9.47 Å². The Balaban J connectivity index is 1.74. The lowest BCUT2D eigenvalue weighted by atomic mass is 10.1. The molecule has 28 heavy (non-hydrogen) atoms. The highest BCUT2D eigenvalue weighted by atomic mass is 16.6. The third kappa shape index (κ3) is 4.61. The molecule has 0 unspecified atom stereocenters. The number of ether oxygens (including phenoxy) is 2. The molecule has 0 fully saturated rings. The van der Waals surface area contributed by atoms with E-state index >= 15 is 0 Å². The lowest BCUT2D eigenvalue weighted by molar-refractivity contribution is -0.384. The number of anilines is 1. The van der Waals surface area contributed by atoms with Crippen LogP contribution in [0.4, 0.5) is 11.4 Å². The fourth-order valence-electron chi connectivity index (χ4n) is 2.49.